The van der Waals surface area contributed by atoms with Crippen LogP contribution in [0, 0.1) is 0 Å². The lowest BCUT2D eigenvalue weighted by molar-refractivity contribution is -0.360. The molecular formula is C74H139O24P. The molecule has 0 spiro atoms. The summed E-state index contributed by atoms with van der Waals surface area (Å²) in [6, 6.07) is 0. The van der Waals surface area contributed by atoms with Crippen LogP contribution in [-0.2, 0) is 61.2 Å². The summed E-state index contributed by atoms with van der Waals surface area (Å²) in [5.74, 6) is -1.97. The Morgan fingerprint density at radius 3 is 0.990 bits per heavy atom. The van der Waals surface area contributed by atoms with Gasteiger partial charge < -0.3 is 89.1 Å². The fraction of sp³-hybridized carbons (Fsp3) is 0.959. The van der Waals surface area contributed by atoms with Gasteiger partial charge in [0, 0.05) is 19.3 Å². The molecule has 0 bridgehead atoms. The van der Waals surface area contributed by atoms with Crippen LogP contribution in [0.2, 0.25) is 0 Å². The van der Waals surface area contributed by atoms with Crippen molar-refractivity contribution in [3.05, 3.63) is 0 Å². The van der Waals surface area contributed by atoms with E-state index in [9.17, 15) is 74.9 Å². The van der Waals surface area contributed by atoms with Crippen LogP contribution in [0.4, 0.5) is 0 Å². The Bertz CT molecular complexity index is 2050. The molecular weight excluding hydrogens is 1300 g/mol. The Hall–Kier alpha value is -2.04. The van der Waals surface area contributed by atoms with Gasteiger partial charge in [-0.05, 0) is 19.3 Å². The lowest BCUT2D eigenvalue weighted by Gasteiger charge is -2.49. The molecule has 584 valence electrons. The van der Waals surface area contributed by atoms with E-state index >= 15 is 0 Å². The fourth-order valence-electron chi connectivity index (χ4n) is 13.2. The van der Waals surface area contributed by atoms with Gasteiger partial charge in [0.2, 0.25) is 0 Å². The summed E-state index contributed by atoms with van der Waals surface area (Å²) in [7, 11) is -5.69. The Balaban J connectivity index is 1.71. The molecule has 0 aromatic rings. The zero-order valence-electron chi connectivity index (χ0n) is 61.1. The van der Waals surface area contributed by atoms with Gasteiger partial charge in [0.05, 0.1) is 13.2 Å². The van der Waals surface area contributed by atoms with Gasteiger partial charge in [-0.25, -0.2) is 4.57 Å². The first-order valence-electron chi connectivity index (χ1n) is 39.3. The second-order valence-electron chi connectivity index (χ2n) is 28.4. The van der Waals surface area contributed by atoms with Crippen LogP contribution in [0.3, 0.4) is 0 Å². The molecule has 18 atom stereocenters. The number of phosphoric ester groups is 1. The number of aliphatic hydroxyl groups is 10. The number of phosphoric acid groups is 1. The van der Waals surface area contributed by atoms with Crippen LogP contribution in [-0.4, -0.2) is 204 Å². The van der Waals surface area contributed by atoms with E-state index in [0.29, 0.717) is 19.3 Å². The maximum atomic E-state index is 14.4. The van der Waals surface area contributed by atoms with E-state index in [0.717, 1.165) is 89.9 Å². The van der Waals surface area contributed by atoms with E-state index in [-0.39, 0.29) is 19.3 Å². The van der Waals surface area contributed by atoms with Crippen LogP contribution >= 0.6 is 7.82 Å². The van der Waals surface area contributed by atoms with E-state index in [2.05, 4.69) is 20.8 Å². The van der Waals surface area contributed by atoms with Crippen molar-refractivity contribution in [1.29, 1.82) is 0 Å². The quantitative estimate of drug-likeness (QED) is 0.0117. The summed E-state index contributed by atoms with van der Waals surface area (Å²) in [5.41, 5.74) is 0. The highest BCUT2D eigenvalue weighted by atomic mass is 31.2. The van der Waals surface area contributed by atoms with Gasteiger partial charge in [0.1, 0.15) is 98.7 Å². The Morgan fingerprint density at radius 1 is 0.354 bits per heavy atom. The summed E-state index contributed by atoms with van der Waals surface area (Å²) >= 11 is 0. The number of rotatable bonds is 62. The van der Waals surface area contributed by atoms with Crippen LogP contribution in [0.15, 0.2) is 0 Å². The van der Waals surface area contributed by atoms with Crippen molar-refractivity contribution < 1.29 is 117 Å². The maximum absolute atomic E-state index is 14.4. The predicted molar refractivity (Wildman–Crippen MR) is 375 cm³/mol. The number of aliphatic hydroxyl groups excluding tert-OH is 10. The highest BCUT2D eigenvalue weighted by Crippen LogP contribution is 2.49. The average Bonchev–Trinajstić information content (AvgIpc) is 0.762. The van der Waals surface area contributed by atoms with E-state index in [1.165, 1.54) is 173 Å². The van der Waals surface area contributed by atoms with Crippen molar-refractivity contribution in [2.75, 3.05) is 26.4 Å². The second kappa shape index (κ2) is 56.3. The summed E-state index contributed by atoms with van der Waals surface area (Å²) in [6.45, 7) is 3.48. The molecule has 0 radical (unpaired) electrons. The van der Waals surface area contributed by atoms with Crippen molar-refractivity contribution in [1.82, 2.24) is 0 Å². The first-order chi connectivity index (χ1) is 47.8. The lowest BCUT2D eigenvalue weighted by Crippen LogP contribution is -2.69. The molecule has 1 aliphatic carbocycles. The Kier molecular flexibility index (Phi) is 51.9. The lowest BCUT2D eigenvalue weighted by atomic mass is 9.84. The number of carbonyl (C=O) groups excluding carboxylic acids is 3. The van der Waals surface area contributed by atoms with E-state index in [1.807, 2.05) is 0 Å². The first kappa shape index (κ1) is 91.2. The van der Waals surface area contributed by atoms with Crippen LogP contribution in [0.1, 0.15) is 323 Å². The monoisotopic (exact) mass is 1440 g/mol. The normalized spacial score (nSPS) is 27.4. The van der Waals surface area contributed by atoms with E-state index in [1.54, 1.807) is 0 Å². The Morgan fingerprint density at radius 2 is 0.646 bits per heavy atom. The Labute approximate surface area is 593 Å². The van der Waals surface area contributed by atoms with Crippen LogP contribution < -0.4 is 0 Å². The average molecular weight is 1440 g/mol. The molecule has 1 saturated carbocycles. The van der Waals surface area contributed by atoms with Gasteiger partial charge in [0.15, 0.2) is 18.7 Å². The third-order valence-corrected chi connectivity index (χ3v) is 20.6. The number of hydrogen-bond donors (Lipinski definition) is 11. The third-order valence-electron chi connectivity index (χ3n) is 19.6. The zero-order chi connectivity index (χ0) is 72.5. The molecule has 25 heteroatoms. The second-order valence-corrected chi connectivity index (χ2v) is 29.8. The van der Waals surface area contributed by atoms with E-state index in [4.69, 9.17) is 42.2 Å². The van der Waals surface area contributed by atoms with Crippen LogP contribution in [0.5, 0.6) is 0 Å². The summed E-state index contributed by atoms with van der Waals surface area (Å²) < 4.78 is 65.1. The first-order valence-corrected chi connectivity index (χ1v) is 40.8. The number of ether oxygens (including phenoxy) is 7. The third kappa shape index (κ3) is 39.2. The molecule has 11 N–H and O–H groups in total. The standard InChI is InChI=1S/C74H139O24P/c1-4-7-10-13-16-19-22-24-26-28-30-31-34-37-39-42-45-48-58(76)90-52-55(93-60(78)50-47-44-41-38-35-32-29-27-25-23-20-17-14-11-8-5-2)53-92-99(88,89)98-72-70(96-73-68(86)63(81)61(79)56(51-75)94-73)66(84)65(83)67(85)71(72)97-74-69(87)64(82)62(80)57(95-74)54-91-59(77)49-46-43-40-36-33-21-18-15-12-9-6-3/h55-57,61-75,79-87H,4-54H2,1-3H3,(H,88,89). The molecule has 3 rings (SSSR count). The summed E-state index contributed by atoms with van der Waals surface area (Å²) in [4.78, 5) is 51.1. The number of carbonyl (C=O) groups is 3. The molecule has 3 aliphatic rings. The smallest absolute Gasteiger partial charge is 0.463 e. The van der Waals surface area contributed by atoms with Gasteiger partial charge in [-0.1, -0.05) is 284 Å². The zero-order valence-corrected chi connectivity index (χ0v) is 61.9. The van der Waals surface area contributed by atoms with Crippen molar-refractivity contribution in [2.24, 2.45) is 0 Å². The molecule has 2 aliphatic heterocycles. The van der Waals surface area contributed by atoms with Crippen molar-refractivity contribution in [3.8, 4) is 0 Å². The largest absolute Gasteiger partial charge is 0.472 e. The predicted octanol–water partition coefficient (Wildman–Crippen LogP) is 11.4. The molecule has 24 nitrogen and oxygen atoms in total. The molecule has 18 unspecified atom stereocenters. The molecule has 0 aromatic heterocycles. The molecule has 99 heavy (non-hydrogen) atoms. The van der Waals surface area contributed by atoms with Gasteiger partial charge in [-0.15, -0.1) is 0 Å². The minimum atomic E-state index is -5.69. The number of unbranched alkanes of at least 4 members (excludes halogenated alkanes) is 41. The van der Waals surface area contributed by atoms with E-state index < -0.39 is 156 Å². The molecule has 2 saturated heterocycles. The SMILES string of the molecule is CCCCCCCCCCCCCCCCCCCC(=O)OCC(COP(=O)(O)OC1C(OC2OC(CO)C(O)C(O)C2O)C(O)C(O)C(O)C1OC1OC(COC(=O)CCCCCCCCCCCCC)C(O)C(O)C1O)OC(=O)CCCCCCCCCCCCCCCCCC. The summed E-state index contributed by atoms with van der Waals surface area (Å²) in [5, 5.41) is 110. The van der Waals surface area contributed by atoms with Gasteiger partial charge in [-0.2, -0.15) is 0 Å². The van der Waals surface area contributed by atoms with Gasteiger partial charge in [0.25, 0.3) is 0 Å². The van der Waals surface area contributed by atoms with Crippen molar-refractivity contribution in [3.63, 3.8) is 0 Å². The topological polar surface area (TPSA) is 374 Å². The molecule has 3 fully saturated rings. The molecule has 0 amide bonds. The molecule has 0 aromatic carbocycles. The fourth-order valence-corrected chi connectivity index (χ4v) is 14.2. The number of esters is 3. The van der Waals surface area contributed by atoms with Crippen LogP contribution in [0.25, 0.3) is 0 Å². The van der Waals surface area contributed by atoms with Crippen molar-refractivity contribution in [2.45, 2.75) is 427 Å². The number of hydrogen-bond acceptors (Lipinski definition) is 23. The minimum absolute atomic E-state index is 0.0326. The summed E-state index contributed by atoms with van der Waals surface area (Å²) in [6.07, 6.45) is 14.5. The van der Waals surface area contributed by atoms with Gasteiger partial charge in [-0.3, -0.25) is 23.4 Å². The maximum Gasteiger partial charge on any atom is 0.472 e. The van der Waals surface area contributed by atoms with Gasteiger partial charge >= 0.3 is 25.7 Å². The molecule has 2 heterocycles. The minimum Gasteiger partial charge on any atom is -0.463 e. The highest BCUT2D eigenvalue weighted by Gasteiger charge is 2.58. The highest BCUT2D eigenvalue weighted by molar-refractivity contribution is 7.47. The van der Waals surface area contributed by atoms with Crippen molar-refractivity contribution >= 4 is 25.7 Å².